The van der Waals surface area contributed by atoms with Crippen LogP contribution in [0, 0.1) is 13.8 Å². The summed E-state index contributed by atoms with van der Waals surface area (Å²) in [6, 6.07) is 13.3. The van der Waals surface area contributed by atoms with Crippen LogP contribution < -0.4 is 4.74 Å². The molecule has 0 atom stereocenters. The highest BCUT2D eigenvalue weighted by Crippen LogP contribution is 2.41. The van der Waals surface area contributed by atoms with Gasteiger partial charge in [0.1, 0.15) is 12.0 Å². The fourth-order valence-electron chi connectivity index (χ4n) is 5.26. The van der Waals surface area contributed by atoms with Crippen molar-refractivity contribution in [1.82, 2.24) is 9.88 Å². The highest BCUT2D eigenvalue weighted by atomic mass is 16.5. The van der Waals surface area contributed by atoms with Crippen molar-refractivity contribution in [3.05, 3.63) is 70.0 Å². The third kappa shape index (κ3) is 7.75. The average molecular weight is 533 g/mol. The summed E-state index contributed by atoms with van der Waals surface area (Å²) in [6.07, 6.45) is 4.49. The summed E-state index contributed by atoms with van der Waals surface area (Å²) in [7, 11) is 3.18. The number of aliphatic hydroxyl groups excluding tert-OH is 1. The lowest BCUT2D eigenvalue weighted by molar-refractivity contribution is -0.107. The lowest BCUT2D eigenvalue weighted by Gasteiger charge is -2.26. The molecule has 0 aliphatic carbocycles. The predicted octanol–water partition coefficient (Wildman–Crippen LogP) is 5.47. The van der Waals surface area contributed by atoms with E-state index >= 15 is 0 Å². The monoisotopic (exact) mass is 532 g/mol. The van der Waals surface area contributed by atoms with Crippen LogP contribution in [0.1, 0.15) is 60.8 Å². The Morgan fingerprint density at radius 3 is 2.28 bits per heavy atom. The molecule has 0 spiro atoms. The molecule has 2 aliphatic heterocycles. The van der Waals surface area contributed by atoms with Crippen molar-refractivity contribution in [3.8, 4) is 28.0 Å². The van der Waals surface area contributed by atoms with E-state index in [4.69, 9.17) is 19.9 Å². The number of ether oxygens (including phenoxy) is 1. The van der Waals surface area contributed by atoms with Crippen molar-refractivity contribution in [2.24, 2.45) is 0 Å². The number of rotatable bonds is 4. The Kier molecular flexibility index (Phi) is 10.4. The Bertz CT molecular complexity index is 1290. The Labute approximate surface area is 233 Å². The highest BCUT2D eigenvalue weighted by molar-refractivity contribution is 5.89. The molecule has 5 rings (SSSR count). The Morgan fingerprint density at radius 2 is 1.59 bits per heavy atom. The molecular formula is C33H44N2O4. The fraction of sp³-hybridized carbons (Fsp3) is 0.455. The highest BCUT2D eigenvalue weighted by Gasteiger charge is 2.22. The van der Waals surface area contributed by atoms with Crippen LogP contribution >= 0.6 is 0 Å². The zero-order chi connectivity index (χ0) is 28.7. The van der Waals surface area contributed by atoms with Crippen molar-refractivity contribution in [2.45, 2.75) is 72.4 Å². The van der Waals surface area contributed by atoms with Gasteiger partial charge in [0.15, 0.2) is 0 Å². The number of aromatic nitrogens is 1. The molecule has 39 heavy (non-hydrogen) atoms. The number of likely N-dealkylation sites (N-methyl/N-ethyl adjacent to an activating group) is 1. The number of hydrogen-bond acceptors (Lipinski definition) is 6. The number of fused-ring (bicyclic) bond motifs is 2. The topological polar surface area (TPSA) is 82.9 Å². The van der Waals surface area contributed by atoms with Gasteiger partial charge in [-0.2, -0.15) is 0 Å². The summed E-state index contributed by atoms with van der Waals surface area (Å²) >= 11 is 0. The molecule has 3 aromatic rings. The third-order valence-corrected chi connectivity index (χ3v) is 6.87. The average Bonchev–Trinajstić information content (AvgIpc) is 2.90. The van der Waals surface area contributed by atoms with Crippen LogP contribution in [0.25, 0.3) is 22.3 Å². The van der Waals surface area contributed by atoms with Crippen molar-refractivity contribution in [3.63, 3.8) is 0 Å². The molecule has 0 bridgehead atoms. The maximum atomic E-state index is 11.6. The van der Waals surface area contributed by atoms with Crippen molar-refractivity contribution in [1.29, 1.82) is 0 Å². The largest absolute Gasteiger partial charge is 0.493 e. The zero-order valence-electron chi connectivity index (χ0n) is 24.6. The lowest BCUT2D eigenvalue weighted by atomic mass is 9.85. The summed E-state index contributed by atoms with van der Waals surface area (Å²) in [5, 5.41) is 15.5. The minimum Gasteiger partial charge on any atom is -0.493 e. The summed E-state index contributed by atoms with van der Waals surface area (Å²) in [5.41, 5.74) is 11.2. The van der Waals surface area contributed by atoms with Crippen molar-refractivity contribution in [2.75, 3.05) is 27.3 Å². The van der Waals surface area contributed by atoms with Crippen LogP contribution in [-0.4, -0.2) is 59.3 Å². The van der Waals surface area contributed by atoms with E-state index in [1.807, 2.05) is 6.92 Å². The number of aldehydes is 1. The summed E-state index contributed by atoms with van der Waals surface area (Å²) in [4.78, 5) is 18.9. The van der Waals surface area contributed by atoms with Crippen LogP contribution in [0.15, 0.2) is 36.4 Å². The molecule has 2 aromatic carbocycles. The maximum absolute atomic E-state index is 11.6. The standard InChI is InChI=1S/C28H30N2O2.C4H10O.CH4O/c1-18-25(11-13-31)28(23-8-9-26-21(16-23)5-4-14-32-26)27(19(2)29-18)22-6-7-24-17-30(3)12-10-20(24)15-22;1-4(2,3)5;1-2/h6-9,13,15-16H,4-5,10-12,14,17H2,1-3H3;5H,1-3H3;2H,1H3. The number of hydrogen-bond donors (Lipinski definition) is 2. The number of nitrogens with zero attached hydrogens (tertiary/aromatic N) is 2. The van der Waals surface area contributed by atoms with E-state index in [0.29, 0.717) is 6.42 Å². The van der Waals surface area contributed by atoms with Crippen LogP contribution in [-0.2, 0) is 30.6 Å². The predicted molar refractivity (Wildman–Crippen MR) is 158 cm³/mol. The molecule has 2 aliphatic rings. The van der Waals surface area contributed by atoms with E-state index in [9.17, 15) is 4.79 Å². The van der Waals surface area contributed by atoms with E-state index < -0.39 is 5.60 Å². The maximum Gasteiger partial charge on any atom is 0.124 e. The van der Waals surface area contributed by atoms with E-state index in [1.165, 1.54) is 22.3 Å². The van der Waals surface area contributed by atoms with E-state index in [1.54, 1.807) is 20.8 Å². The van der Waals surface area contributed by atoms with Gasteiger partial charge in [-0.15, -0.1) is 0 Å². The van der Waals surface area contributed by atoms with Gasteiger partial charge in [0.2, 0.25) is 0 Å². The molecule has 0 radical (unpaired) electrons. The molecule has 0 saturated carbocycles. The van der Waals surface area contributed by atoms with Crippen LogP contribution in [0.5, 0.6) is 5.75 Å². The Balaban J connectivity index is 0.000000542. The van der Waals surface area contributed by atoms with Crippen molar-refractivity contribution >= 4 is 6.29 Å². The van der Waals surface area contributed by atoms with Gasteiger partial charge < -0.3 is 24.6 Å². The molecule has 1 aromatic heterocycles. The van der Waals surface area contributed by atoms with Gasteiger partial charge >= 0.3 is 0 Å². The second-order valence-corrected chi connectivity index (χ2v) is 11.3. The quantitative estimate of drug-likeness (QED) is 0.434. The van der Waals surface area contributed by atoms with Gasteiger partial charge in [0.05, 0.1) is 12.2 Å². The van der Waals surface area contributed by atoms with Gasteiger partial charge in [0, 0.05) is 43.6 Å². The van der Waals surface area contributed by atoms with Gasteiger partial charge in [-0.1, -0.05) is 24.3 Å². The molecule has 6 nitrogen and oxygen atoms in total. The van der Waals surface area contributed by atoms with Crippen molar-refractivity contribution < 1.29 is 19.7 Å². The normalized spacial score (nSPS) is 14.5. The Morgan fingerprint density at radius 1 is 0.949 bits per heavy atom. The first kappa shape index (κ1) is 30.5. The van der Waals surface area contributed by atoms with Gasteiger partial charge in [-0.05, 0) is 112 Å². The van der Waals surface area contributed by atoms with E-state index in [2.05, 4.69) is 55.3 Å². The second kappa shape index (κ2) is 13.3. The number of benzene rings is 2. The molecule has 0 amide bonds. The van der Waals surface area contributed by atoms with Crippen LogP contribution in [0.4, 0.5) is 0 Å². The first-order chi connectivity index (χ1) is 18.5. The molecular weight excluding hydrogens is 488 g/mol. The number of carbonyl (C=O) groups is 1. The minimum atomic E-state index is -0.500. The molecule has 2 N–H and O–H groups in total. The molecule has 0 unspecified atom stereocenters. The molecule has 0 fully saturated rings. The summed E-state index contributed by atoms with van der Waals surface area (Å²) in [5.74, 6) is 0.985. The van der Waals surface area contributed by atoms with Gasteiger partial charge in [-0.25, -0.2) is 0 Å². The molecule has 0 saturated heterocycles. The minimum absolute atomic E-state index is 0.366. The smallest absolute Gasteiger partial charge is 0.124 e. The molecule has 3 heterocycles. The SMILES string of the molecule is CC(C)(C)O.CO.Cc1nc(C)c(-c2ccc3c(c2)CCN(C)C3)c(-c2ccc3c(c2)CCCO3)c1CC=O. The summed E-state index contributed by atoms with van der Waals surface area (Å²) in [6.45, 7) is 12.2. The third-order valence-electron chi connectivity index (χ3n) is 6.87. The molecule has 6 heteroatoms. The van der Waals surface area contributed by atoms with E-state index in [0.717, 1.165) is 91.7 Å². The van der Waals surface area contributed by atoms with Crippen LogP contribution in [0.2, 0.25) is 0 Å². The summed E-state index contributed by atoms with van der Waals surface area (Å²) < 4.78 is 5.85. The Hall–Kier alpha value is -3.06. The fourth-order valence-corrected chi connectivity index (χ4v) is 5.26. The molecule has 210 valence electrons. The van der Waals surface area contributed by atoms with Gasteiger partial charge in [-0.3, -0.25) is 4.98 Å². The van der Waals surface area contributed by atoms with E-state index in [-0.39, 0.29) is 0 Å². The first-order valence-electron chi connectivity index (χ1n) is 13.7. The number of pyridine rings is 1. The lowest BCUT2D eigenvalue weighted by Crippen LogP contribution is -2.26. The number of aliphatic hydroxyl groups is 2. The van der Waals surface area contributed by atoms with Gasteiger partial charge in [0.25, 0.3) is 0 Å². The van der Waals surface area contributed by atoms with Crippen LogP contribution in [0.3, 0.4) is 0 Å². The number of aryl methyl sites for hydroxylation is 3. The number of carbonyl (C=O) groups excluding carboxylic acids is 1. The second-order valence-electron chi connectivity index (χ2n) is 11.3. The first-order valence-corrected chi connectivity index (χ1v) is 13.7. The zero-order valence-corrected chi connectivity index (χ0v) is 24.6.